The van der Waals surface area contributed by atoms with Gasteiger partial charge in [0.15, 0.2) is 5.70 Å². The van der Waals surface area contributed by atoms with Crippen LogP contribution < -0.4 is 9.47 Å². The maximum absolute atomic E-state index is 12.1. The van der Waals surface area contributed by atoms with Gasteiger partial charge in [0.2, 0.25) is 5.90 Å². The molecule has 1 heterocycles. The van der Waals surface area contributed by atoms with Crippen LogP contribution in [-0.2, 0) is 9.53 Å². The van der Waals surface area contributed by atoms with E-state index in [0.29, 0.717) is 22.6 Å². The van der Waals surface area contributed by atoms with Gasteiger partial charge in [-0.3, -0.25) is 10.1 Å². The average molecular weight is 354 g/mol. The molecule has 3 rings (SSSR count). The van der Waals surface area contributed by atoms with Gasteiger partial charge in [0.05, 0.1) is 19.1 Å². The van der Waals surface area contributed by atoms with Crippen LogP contribution in [0, 0.1) is 10.1 Å². The predicted octanol–water partition coefficient (Wildman–Crippen LogP) is 2.96. The van der Waals surface area contributed by atoms with Crippen LogP contribution in [0.3, 0.4) is 0 Å². The number of aliphatic imine (C=N–C) groups is 1. The van der Waals surface area contributed by atoms with Gasteiger partial charge in [0.25, 0.3) is 5.69 Å². The minimum absolute atomic E-state index is 0.0335. The first-order valence-corrected chi connectivity index (χ1v) is 7.50. The minimum atomic E-state index is -0.611. The third kappa shape index (κ3) is 3.54. The SMILES string of the molecule is COc1cc(OC)cc(C2=N/C(=C\c3ccc([N+](=O)[O-])cc3)C(=O)O2)c1. The lowest BCUT2D eigenvalue weighted by Gasteiger charge is -2.07. The summed E-state index contributed by atoms with van der Waals surface area (Å²) in [5.41, 5.74) is 1.18. The van der Waals surface area contributed by atoms with E-state index < -0.39 is 10.9 Å². The molecule has 0 N–H and O–H groups in total. The number of nitro groups is 1. The summed E-state index contributed by atoms with van der Waals surface area (Å²) in [6.45, 7) is 0. The first kappa shape index (κ1) is 17.2. The van der Waals surface area contributed by atoms with E-state index in [0.717, 1.165) is 0 Å². The summed E-state index contributed by atoms with van der Waals surface area (Å²) in [4.78, 5) is 26.5. The van der Waals surface area contributed by atoms with Crippen molar-refractivity contribution >= 4 is 23.6 Å². The number of nitrogens with zero attached hydrogens (tertiary/aromatic N) is 2. The highest BCUT2D eigenvalue weighted by molar-refractivity contribution is 6.13. The van der Waals surface area contributed by atoms with Crippen molar-refractivity contribution in [3.05, 3.63) is 69.4 Å². The average Bonchev–Trinajstić information content (AvgIpc) is 3.02. The van der Waals surface area contributed by atoms with Crippen LogP contribution in [0.1, 0.15) is 11.1 Å². The molecular weight excluding hydrogens is 340 g/mol. The topological polar surface area (TPSA) is 100 Å². The molecule has 0 fully saturated rings. The van der Waals surface area contributed by atoms with Crippen molar-refractivity contribution in [1.29, 1.82) is 0 Å². The zero-order valence-electron chi connectivity index (χ0n) is 14.0. The second-order valence-electron chi connectivity index (χ2n) is 5.29. The number of esters is 1. The van der Waals surface area contributed by atoms with Crippen LogP contribution in [0.2, 0.25) is 0 Å². The van der Waals surface area contributed by atoms with Crippen molar-refractivity contribution in [2.24, 2.45) is 4.99 Å². The summed E-state index contributed by atoms with van der Waals surface area (Å²) in [5, 5.41) is 10.7. The molecule has 0 radical (unpaired) electrons. The summed E-state index contributed by atoms with van der Waals surface area (Å²) >= 11 is 0. The van der Waals surface area contributed by atoms with E-state index in [-0.39, 0.29) is 17.3 Å². The van der Waals surface area contributed by atoms with Gasteiger partial charge in [-0.25, -0.2) is 9.79 Å². The third-order valence-corrected chi connectivity index (χ3v) is 3.63. The Hall–Kier alpha value is -3.68. The van der Waals surface area contributed by atoms with Crippen LogP contribution in [0.25, 0.3) is 6.08 Å². The lowest BCUT2D eigenvalue weighted by molar-refractivity contribution is -0.384. The maximum atomic E-state index is 12.1. The molecule has 0 bridgehead atoms. The standard InChI is InChI=1S/C18H14N2O6/c1-24-14-8-12(9-15(10-14)25-2)17-19-16(18(21)26-17)7-11-3-5-13(6-4-11)20(22)23/h3-10H,1-2H3/b16-7-. The molecule has 0 saturated carbocycles. The number of rotatable bonds is 5. The Balaban J connectivity index is 1.92. The van der Waals surface area contributed by atoms with Crippen LogP contribution in [0.5, 0.6) is 11.5 Å². The number of cyclic esters (lactones) is 1. The van der Waals surface area contributed by atoms with Gasteiger partial charge in [-0.2, -0.15) is 0 Å². The molecule has 1 aliphatic heterocycles. The van der Waals surface area contributed by atoms with Crippen LogP contribution in [0.15, 0.2) is 53.2 Å². The molecular formula is C18H14N2O6. The van der Waals surface area contributed by atoms with Gasteiger partial charge in [-0.1, -0.05) is 0 Å². The number of hydrogen-bond donors (Lipinski definition) is 0. The fraction of sp³-hybridized carbons (Fsp3) is 0.111. The van der Waals surface area contributed by atoms with E-state index in [1.54, 1.807) is 18.2 Å². The van der Waals surface area contributed by atoms with Crippen molar-refractivity contribution in [1.82, 2.24) is 0 Å². The van der Waals surface area contributed by atoms with Crippen molar-refractivity contribution in [2.75, 3.05) is 14.2 Å². The monoisotopic (exact) mass is 354 g/mol. The maximum Gasteiger partial charge on any atom is 0.363 e. The number of benzene rings is 2. The first-order chi connectivity index (χ1) is 12.5. The Bertz CT molecular complexity index is 909. The Kier molecular flexibility index (Phi) is 4.66. The zero-order valence-corrected chi connectivity index (χ0v) is 14.0. The Morgan fingerprint density at radius 3 is 2.23 bits per heavy atom. The quantitative estimate of drug-likeness (QED) is 0.354. The second kappa shape index (κ2) is 7.06. The molecule has 0 aromatic heterocycles. The van der Waals surface area contributed by atoms with Crippen molar-refractivity contribution < 1.29 is 23.9 Å². The number of hydrogen-bond acceptors (Lipinski definition) is 7. The van der Waals surface area contributed by atoms with E-state index in [1.165, 1.54) is 44.6 Å². The van der Waals surface area contributed by atoms with E-state index in [4.69, 9.17) is 14.2 Å². The second-order valence-corrected chi connectivity index (χ2v) is 5.29. The van der Waals surface area contributed by atoms with Gasteiger partial charge in [0.1, 0.15) is 11.5 Å². The van der Waals surface area contributed by atoms with Gasteiger partial charge >= 0.3 is 5.97 Å². The summed E-state index contributed by atoms with van der Waals surface area (Å²) in [6.07, 6.45) is 1.50. The first-order valence-electron chi connectivity index (χ1n) is 7.50. The number of non-ortho nitro benzene ring substituents is 1. The highest BCUT2D eigenvalue weighted by atomic mass is 16.6. The molecule has 26 heavy (non-hydrogen) atoms. The van der Waals surface area contributed by atoms with E-state index in [1.807, 2.05) is 0 Å². The molecule has 0 spiro atoms. The lowest BCUT2D eigenvalue weighted by Crippen LogP contribution is -2.06. The Morgan fingerprint density at radius 2 is 1.69 bits per heavy atom. The van der Waals surface area contributed by atoms with Gasteiger partial charge in [-0.15, -0.1) is 0 Å². The Labute approximate surface area is 148 Å². The fourth-order valence-electron chi connectivity index (χ4n) is 2.31. The number of nitro benzene ring substituents is 1. The largest absolute Gasteiger partial charge is 0.497 e. The molecule has 132 valence electrons. The normalized spacial score (nSPS) is 14.8. The number of ether oxygens (including phenoxy) is 3. The summed E-state index contributed by atoms with van der Waals surface area (Å²) < 4.78 is 15.6. The predicted molar refractivity (Wildman–Crippen MR) is 93.2 cm³/mol. The summed E-state index contributed by atoms with van der Waals surface area (Å²) in [6, 6.07) is 10.8. The zero-order chi connectivity index (χ0) is 18.7. The highest BCUT2D eigenvalue weighted by Crippen LogP contribution is 2.26. The lowest BCUT2D eigenvalue weighted by atomic mass is 10.2. The molecule has 1 aliphatic rings. The molecule has 8 nitrogen and oxygen atoms in total. The van der Waals surface area contributed by atoms with Gasteiger partial charge in [-0.05, 0) is 35.9 Å². The Morgan fingerprint density at radius 1 is 1.08 bits per heavy atom. The van der Waals surface area contributed by atoms with E-state index in [9.17, 15) is 14.9 Å². The third-order valence-electron chi connectivity index (χ3n) is 3.63. The van der Waals surface area contributed by atoms with Crippen LogP contribution in [-0.4, -0.2) is 31.0 Å². The molecule has 0 saturated heterocycles. The molecule has 0 aliphatic carbocycles. The van der Waals surface area contributed by atoms with Gasteiger partial charge < -0.3 is 14.2 Å². The van der Waals surface area contributed by atoms with Gasteiger partial charge in [0, 0.05) is 23.8 Å². The van der Waals surface area contributed by atoms with Crippen LogP contribution >= 0.6 is 0 Å². The minimum Gasteiger partial charge on any atom is -0.497 e. The summed E-state index contributed by atoms with van der Waals surface area (Å²) in [7, 11) is 3.03. The molecule has 0 atom stereocenters. The number of methoxy groups -OCH3 is 2. The smallest absolute Gasteiger partial charge is 0.363 e. The van der Waals surface area contributed by atoms with Crippen molar-refractivity contribution in [2.45, 2.75) is 0 Å². The molecule has 0 unspecified atom stereocenters. The molecule has 2 aromatic rings. The molecule has 8 heteroatoms. The van der Waals surface area contributed by atoms with Crippen molar-refractivity contribution in [3.63, 3.8) is 0 Å². The van der Waals surface area contributed by atoms with E-state index >= 15 is 0 Å². The van der Waals surface area contributed by atoms with Crippen molar-refractivity contribution in [3.8, 4) is 11.5 Å². The highest BCUT2D eigenvalue weighted by Gasteiger charge is 2.25. The number of carbonyl (C=O) groups is 1. The van der Waals surface area contributed by atoms with Crippen LogP contribution in [0.4, 0.5) is 5.69 Å². The number of carbonyl (C=O) groups excluding carboxylic acids is 1. The summed E-state index contributed by atoms with van der Waals surface area (Å²) in [5.74, 6) is 0.581. The molecule has 2 aromatic carbocycles. The molecule has 0 amide bonds. The fourth-order valence-corrected chi connectivity index (χ4v) is 2.31. The van der Waals surface area contributed by atoms with E-state index in [2.05, 4.69) is 4.99 Å².